The summed E-state index contributed by atoms with van der Waals surface area (Å²) in [7, 11) is 0. The first-order valence-corrected chi connectivity index (χ1v) is 9.85. The third-order valence-electron chi connectivity index (χ3n) is 5.46. The minimum Gasteiger partial charge on any atom is -0.339 e. The van der Waals surface area contributed by atoms with Crippen LogP contribution in [0, 0.1) is 17.8 Å². The van der Waals surface area contributed by atoms with E-state index in [2.05, 4.69) is 27.0 Å². The Labute approximate surface area is 159 Å². The van der Waals surface area contributed by atoms with E-state index in [4.69, 9.17) is 4.52 Å². The van der Waals surface area contributed by atoms with Gasteiger partial charge >= 0.3 is 0 Å². The summed E-state index contributed by atoms with van der Waals surface area (Å²) in [5.74, 6) is 7.77. The highest BCUT2D eigenvalue weighted by molar-refractivity contribution is 5.93. The number of hydrogen-bond acceptors (Lipinski definition) is 5. The van der Waals surface area contributed by atoms with Crippen molar-refractivity contribution in [3.8, 4) is 23.4 Å². The van der Waals surface area contributed by atoms with E-state index in [1.807, 2.05) is 23.1 Å². The number of nitrogens with zero attached hydrogens (tertiary/aromatic N) is 4. The molecule has 140 valence electrons. The van der Waals surface area contributed by atoms with E-state index in [0.29, 0.717) is 36.4 Å². The van der Waals surface area contributed by atoms with Crippen molar-refractivity contribution in [1.29, 1.82) is 0 Å². The van der Waals surface area contributed by atoms with Gasteiger partial charge in [-0.05, 0) is 43.7 Å². The lowest BCUT2D eigenvalue weighted by Crippen LogP contribution is -2.37. The van der Waals surface area contributed by atoms with Gasteiger partial charge in [0.05, 0.1) is 0 Å². The molecule has 0 radical (unpaired) electrons. The number of hydrogen-bond donors (Lipinski definition) is 0. The number of amides is 1. The highest BCUT2D eigenvalue weighted by Crippen LogP contribution is 2.28. The number of piperidine rings is 1. The molecule has 0 spiro atoms. The largest absolute Gasteiger partial charge is 0.339 e. The highest BCUT2D eigenvalue weighted by Gasteiger charge is 2.27. The number of likely N-dealkylation sites (tertiary alicyclic amines) is 1. The molecule has 1 amide bonds. The molecule has 0 aromatic carbocycles. The van der Waals surface area contributed by atoms with Crippen molar-refractivity contribution in [2.75, 3.05) is 13.1 Å². The second-order valence-corrected chi connectivity index (χ2v) is 7.34. The molecule has 2 fully saturated rings. The lowest BCUT2D eigenvalue weighted by atomic mass is 9.90. The molecule has 6 heteroatoms. The maximum Gasteiger partial charge on any atom is 0.298 e. The lowest BCUT2D eigenvalue weighted by Gasteiger charge is -2.28. The molecule has 2 aromatic heterocycles. The summed E-state index contributed by atoms with van der Waals surface area (Å²) in [4.78, 5) is 23.0. The molecule has 0 bridgehead atoms. The molecule has 2 aliphatic rings. The molecule has 27 heavy (non-hydrogen) atoms. The molecule has 1 saturated carbocycles. The van der Waals surface area contributed by atoms with Crippen molar-refractivity contribution < 1.29 is 9.32 Å². The minimum atomic E-state index is -0.0428. The van der Waals surface area contributed by atoms with Gasteiger partial charge in [-0.2, -0.15) is 4.98 Å². The summed E-state index contributed by atoms with van der Waals surface area (Å²) in [5.41, 5.74) is 0.707. The van der Waals surface area contributed by atoms with Crippen LogP contribution in [0.4, 0.5) is 0 Å². The second-order valence-electron chi connectivity index (χ2n) is 7.34. The smallest absolute Gasteiger partial charge is 0.298 e. The number of carbonyl (C=O) groups excluding carboxylic acids is 1. The topological polar surface area (TPSA) is 72.1 Å². The van der Waals surface area contributed by atoms with Crippen LogP contribution < -0.4 is 0 Å². The van der Waals surface area contributed by atoms with Gasteiger partial charge in [-0.25, -0.2) is 0 Å². The van der Waals surface area contributed by atoms with Crippen molar-refractivity contribution in [2.45, 2.75) is 50.9 Å². The third-order valence-corrected chi connectivity index (χ3v) is 5.46. The van der Waals surface area contributed by atoms with Crippen LogP contribution in [0.25, 0.3) is 11.5 Å². The molecule has 1 aliphatic heterocycles. The Bertz CT molecular complexity index is 823. The summed E-state index contributed by atoms with van der Waals surface area (Å²) < 4.78 is 5.45. The van der Waals surface area contributed by atoms with Gasteiger partial charge in [0.25, 0.3) is 5.91 Å². The zero-order valence-corrected chi connectivity index (χ0v) is 15.4. The molecular formula is C21H24N4O2. The Balaban J connectivity index is 1.32. The van der Waals surface area contributed by atoms with Gasteiger partial charge in [0.1, 0.15) is 5.69 Å². The Morgan fingerprint density at radius 1 is 1.11 bits per heavy atom. The molecule has 6 nitrogen and oxygen atoms in total. The SMILES string of the molecule is O=C(C#CC1CCCCC1)N1CCC(c2nc(-c3ccccn3)no2)CC1. The molecule has 2 aromatic rings. The summed E-state index contributed by atoms with van der Waals surface area (Å²) in [6.45, 7) is 1.37. The number of aromatic nitrogens is 3. The highest BCUT2D eigenvalue weighted by atomic mass is 16.5. The Morgan fingerprint density at radius 3 is 2.67 bits per heavy atom. The second kappa shape index (κ2) is 8.34. The summed E-state index contributed by atoms with van der Waals surface area (Å²) in [6, 6.07) is 5.62. The molecule has 3 heterocycles. The van der Waals surface area contributed by atoms with Gasteiger partial charge in [-0.3, -0.25) is 9.78 Å². The van der Waals surface area contributed by atoms with E-state index in [0.717, 1.165) is 25.7 Å². The predicted molar refractivity (Wildman–Crippen MR) is 100 cm³/mol. The van der Waals surface area contributed by atoms with E-state index in [-0.39, 0.29) is 11.8 Å². The summed E-state index contributed by atoms with van der Waals surface area (Å²) >= 11 is 0. The van der Waals surface area contributed by atoms with E-state index in [9.17, 15) is 4.79 Å². The molecule has 4 rings (SSSR count). The van der Waals surface area contributed by atoms with E-state index < -0.39 is 0 Å². The zero-order valence-electron chi connectivity index (χ0n) is 15.4. The number of carbonyl (C=O) groups is 1. The Morgan fingerprint density at radius 2 is 1.93 bits per heavy atom. The van der Waals surface area contributed by atoms with Gasteiger partial charge in [-0.1, -0.05) is 36.4 Å². The molecule has 0 unspecified atom stereocenters. The van der Waals surface area contributed by atoms with Gasteiger partial charge in [-0.15, -0.1) is 0 Å². The van der Waals surface area contributed by atoms with E-state index >= 15 is 0 Å². The van der Waals surface area contributed by atoms with Gasteiger partial charge in [0.15, 0.2) is 0 Å². The van der Waals surface area contributed by atoms with Crippen LogP contribution in [-0.4, -0.2) is 39.0 Å². The van der Waals surface area contributed by atoms with Crippen LogP contribution in [0.3, 0.4) is 0 Å². The first kappa shape index (κ1) is 17.7. The van der Waals surface area contributed by atoms with Crippen LogP contribution in [-0.2, 0) is 4.79 Å². The quantitative estimate of drug-likeness (QED) is 0.764. The standard InChI is InChI=1S/C21H24N4O2/c26-19(10-9-16-6-2-1-3-7-16)25-14-11-17(12-15-25)21-23-20(24-27-21)18-8-4-5-13-22-18/h4-5,8,13,16-17H,1-3,6-7,11-12,14-15H2. The van der Waals surface area contributed by atoms with Crippen molar-refractivity contribution in [2.24, 2.45) is 5.92 Å². The Hall–Kier alpha value is -2.68. The summed E-state index contributed by atoms with van der Waals surface area (Å²) in [5, 5.41) is 4.05. The van der Waals surface area contributed by atoms with Crippen LogP contribution in [0.2, 0.25) is 0 Å². The van der Waals surface area contributed by atoms with Gasteiger partial charge in [0, 0.05) is 31.1 Å². The van der Waals surface area contributed by atoms with Gasteiger partial charge < -0.3 is 9.42 Å². The molecule has 1 aliphatic carbocycles. The normalized spacial score (nSPS) is 18.7. The lowest BCUT2D eigenvalue weighted by molar-refractivity contribution is -0.126. The van der Waals surface area contributed by atoms with Crippen molar-refractivity contribution in [3.63, 3.8) is 0 Å². The van der Waals surface area contributed by atoms with E-state index in [1.165, 1.54) is 19.3 Å². The van der Waals surface area contributed by atoms with Crippen molar-refractivity contribution in [1.82, 2.24) is 20.0 Å². The first-order chi connectivity index (χ1) is 13.3. The third kappa shape index (κ3) is 4.36. The summed E-state index contributed by atoms with van der Waals surface area (Å²) in [6.07, 6.45) is 9.41. The minimum absolute atomic E-state index is 0.0428. The van der Waals surface area contributed by atoms with Crippen LogP contribution in [0.15, 0.2) is 28.9 Å². The average Bonchev–Trinajstić information content (AvgIpc) is 3.24. The van der Waals surface area contributed by atoms with Crippen molar-refractivity contribution >= 4 is 5.91 Å². The average molecular weight is 364 g/mol. The maximum absolute atomic E-state index is 12.4. The van der Waals surface area contributed by atoms with Gasteiger partial charge in [0.2, 0.25) is 11.7 Å². The van der Waals surface area contributed by atoms with Crippen LogP contribution in [0.1, 0.15) is 56.8 Å². The molecule has 0 atom stereocenters. The Kier molecular flexibility index (Phi) is 5.47. The molecular weight excluding hydrogens is 340 g/mol. The van der Waals surface area contributed by atoms with Crippen LogP contribution in [0.5, 0.6) is 0 Å². The monoisotopic (exact) mass is 364 g/mol. The first-order valence-electron chi connectivity index (χ1n) is 9.85. The fourth-order valence-corrected chi connectivity index (χ4v) is 3.82. The predicted octanol–water partition coefficient (Wildman–Crippen LogP) is 3.42. The molecule has 1 saturated heterocycles. The molecule has 0 N–H and O–H groups in total. The number of pyridine rings is 1. The maximum atomic E-state index is 12.4. The zero-order chi connectivity index (χ0) is 18.5. The number of rotatable bonds is 2. The van der Waals surface area contributed by atoms with E-state index in [1.54, 1.807) is 6.20 Å². The van der Waals surface area contributed by atoms with Crippen molar-refractivity contribution in [3.05, 3.63) is 30.3 Å². The van der Waals surface area contributed by atoms with Crippen LogP contribution >= 0.6 is 0 Å². The fraction of sp³-hybridized carbons (Fsp3) is 0.524. The fourth-order valence-electron chi connectivity index (χ4n) is 3.82.